The number of benzene rings is 1. The predicted molar refractivity (Wildman–Crippen MR) is 93.8 cm³/mol. The van der Waals surface area contributed by atoms with Gasteiger partial charge in [0, 0.05) is 24.2 Å². The van der Waals surface area contributed by atoms with E-state index in [1.807, 2.05) is 46.7 Å². The molecule has 124 valence electrons. The number of fused-ring (bicyclic) bond motifs is 2. The largest absolute Gasteiger partial charge is 0.336 e. The molecular weight excluding hydrogens is 316 g/mol. The first-order chi connectivity index (χ1) is 12.2. The van der Waals surface area contributed by atoms with E-state index in [1.165, 1.54) is 0 Å². The predicted octanol–water partition coefficient (Wildman–Crippen LogP) is 2.45. The normalized spacial score (nSPS) is 14.2. The number of amides is 1. The molecule has 0 unspecified atom stereocenters. The van der Waals surface area contributed by atoms with Gasteiger partial charge in [-0.2, -0.15) is 5.10 Å². The van der Waals surface area contributed by atoms with E-state index in [4.69, 9.17) is 0 Å². The molecule has 0 atom stereocenters. The molecule has 7 nitrogen and oxygen atoms in total. The molecule has 1 fully saturated rings. The zero-order valence-electron chi connectivity index (χ0n) is 13.7. The molecular formula is C18H16N6O. The van der Waals surface area contributed by atoms with Gasteiger partial charge in [-0.25, -0.2) is 9.97 Å². The highest BCUT2D eigenvalue weighted by Crippen LogP contribution is 2.25. The minimum atomic E-state index is -0.0470. The van der Waals surface area contributed by atoms with Crippen LogP contribution in [0.3, 0.4) is 0 Å². The highest BCUT2D eigenvalue weighted by atomic mass is 16.2. The van der Waals surface area contributed by atoms with Gasteiger partial charge in [0.25, 0.3) is 5.91 Å². The van der Waals surface area contributed by atoms with E-state index in [9.17, 15) is 4.79 Å². The molecule has 25 heavy (non-hydrogen) atoms. The summed E-state index contributed by atoms with van der Waals surface area (Å²) in [5.41, 5.74) is 4.13. The highest BCUT2D eigenvalue weighted by molar-refractivity contribution is 5.96. The number of nitrogens with one attached hydrogen (secondary N) is 1. The minimum Gasteiger partial charge on any atom is -0.336 e. The first-order valence-electron chi connectivity index (χ1n) is 8.29. The second kappa shape index (κ2) is 5.14. The quantitative estimate of drug-likeness (QED) is 0.611. The molecule has 1 amide bonds. The van der Waals surface area contributed by atoms with Crippen LogP contribution in [0.15, 0.2) is 36.5 Å². The van der Waals surface area contributed by atoms with E-state index in [1.54, 1.807) is 6.20 Å². The molecule has 0 aliphatic carbocycles. The molecule has 4 heterocycles. The van der Waals surface area contributed by atoms with Crippen molar-refractivity contribution in [2.75, 3.05) is 13.1 Å². The molecule has 5 rings (SSSR count). The van der Waals surface area contributed by atoms with Crippen LogP contribution in [-0.2, 0) is 0 Å². The maximum atomic E-state index is 12.9. The molecule has 3 aromatic heterocycles. The van der Waals surface area contributed by atoms with Crippen LogP contribution in [0.4, 0.5) is 0 Å². The molecule has 0 bridgehead atoms. The van der Waals surface area contributed by atoms with Crippen molar-refractivity contribution in [1.29, 1.82) is 0 Å². The summed E-state index contributed by atoms with van der Waals surface area (Å²) in [4.78, 5) is 23.9. The van der Waals surface area contributed by atoms with Crippen LogP contribution in [0.2, 0.25) is 0 Å². The van der Waals surface area contributed by atoms with Crippen molar-refractivity contribution in [2.45, 2.75) is 13.3 Å². The summed E-state index contributed by atoms with van der Waals surface area (Å²) in [6.45, 7) is 3.51. The fourth-order valence-electron chi connectivity index (χ4n) is 3.17. The maximum Gasteiger partial charge on any atom is 0.290 e. The number of aryl methyl sites for hydroxylation is 1. The SMILES string of the molecule is Cc1ccc2nc(C(=O)N3CCC3)n(-c3ccc4[nH]ncc4c3)c2n1. The number of rotatable bonds is 2. The van der Waals surface area contributed by atoms with E-state index in [2.05, 4.69) is 20.2 Å². The van der Waals surface area contributed by atoms with Crippen molar-refractivity contribution >= 4 is 28.0 Å². The second-order valence-electron chi connectivity index (χ2n) is 6.35. The van der Waals surface area contributed by atoms with Crippen molar-refractivity contribution in [1.82, 2.24) is 29.6 Å². The first-order valence-corrected chi connectivity index (χ1v) is 8.29. The Labute approximate surface area is 143 Å². The smallest absolute Gasteiger partial charge is 0.290 e. The van der Waals surface area contributed by atoms with Crippen molar-refractivity contribution < 1.29 is 4.79 Å². The Bertz CT molecular complexity index is 1120. The van der Waals surface area contributed by atoms with Gasteiger partial charge in [0.2, 0.25) is 5.82 Å². The van der Waals surface area contributed by atoms with Gasteiger partial charge >= 0.3 is 0 Å². The lowest BCUT2D eigenvalue weighted by Gasteiger charge is -2.30. The number of imidazole rings is 1. The molecule has 1 N–H and O–H groups in total. The zero-order chi connectivity index (χ0) is 17.0. The topological polar surface area (TPSA) is 79.7 Å². The molecule has 1 aliphatic rings. The third kappa shape index (κ3) is 2.12. The Balaban J connectivity index is 1.78. The Kier molecular flexibility index (Phi) is 2.91. The van der Waals surface area contributed by atoms with Crippen LogP contribution in [0.25, 0.3) is 27.8 Å². The van der Waals surface area contributed by atoms with Crippen molar-refractivity contribution in [3.05, 3.63) is 48.0 Å². The molecule has 0 saturated carbocycles. The van der Waals surface area contributed by atoms with Crippen molar-refractivity contribution in [2.24, 2.45) is 0 Å². The summed E-state index contributed by atoms with van der Waals surface area (Å²) in [5, 5.41) is 8.00. The van der Waals surface area contributed by atoms with E-state index < -0.39 is 0 Å². The number of hydrogen-bond acceptors (Lipinski definition) is 4. The third-order valence-electron chi connectivity index (χ3n) is 4.66. The van der Waals surface area contributed by atoms with Gasteiger partial charge in [-0.1, -0.05) is 0 Å². The van der Waals surface area contributed by atoms with Crippen molar-refractivity contribution in [3.8, 4) is 5.69 Å². The van der Waals surface area contributed by atoms with E-state index in [0.717, 1.165) is 47.3 Å². The molecule has 0 spiro atoms. The monoisotopic (exact) mass is 332 g/mol. The summed E-state index contributed by atoms with van der Waals surface area (Å²) >= 11 is 0. The molecule has 7 heteroatoms. The van der Waals surface area contributed by atoms with Crippen LogP contribution in [0.1, 0.15) is 22.7 Å². The van der Waals surface area contributed by atoms with Crippen LogP contribution in [0, 0.1) is 6.92 Å². The number of aromatic amines is 1. The number of H-pyrrole nitrogens is 1. The van der Waals surface area contributed by atoms with Gasteiger partial charge in [0.05, 0.1) is 17.4 Å². The zero-order valence-corrected chi connectivity index (χ0v) is 13.7. The summed E-state index contributed by atoms with van der Waals surface area (Å²) in [5.74, 6) is 0.366. The Hall–Kier alpha value is -3.22. The number of carbonyl (C=O) groups is 1. The second-order valence-corrected chi connectivity index (χ2v) is 6.35. The lowest BCUT2D eigenvalue weighted by Crippen LogP contribution is -2.43. The lowest BCUT2D eigenvalue weighted by molar-refractivity contribution is 0.0637. The average Bonchev–Trinajstić information content (AvgIpc) is 3.15. The summed E-state index contributed by atoms with van der Waals surface area (Å²) in [7, 11) is 0. The first kappa shape index (κ1) is 14.2. The van der Waals surface area contributed by atoms with Gasteiger partial charge in [-0.05, 0) is 43.7 Å². The molecule has 1 aliphatic heterocycles. The maximum absolute atomic E-state index is 12.9. The van der Waals surface area contributed by atoms with Gasteiger partial charge < -0.3 is 4.90 Å². The summed E-state index contributed by atoms with van der Waals surface area (Å²) in [6.07, 6.45) is 2.82. The lowest BCUT2D eigenvalue weighted by atomic mass is 10.2. The number of pyridine rings is 1. The fraction of sp³-hybridized carbons (Fsp3) is 0.222. The molecule has 1 aromatic carbocycles. The Morgan fingerprint density at radius 1 is 1.16 bits per heavy atom. The summed E-state index contributed by atoms with van der Waals surface area (Å²) < 4.78 is 1.86. The number of likely N-dealkylation sites (tertiary alicyclic amines) is 1. The van der Waals surface area contributed by atoms with Crippen LogP contribution in [0.5, 0.6) is 0 Å². The number of hydrogen-bond donors (Lipinski definition) is 1. The summed E-state index contributed by atoms with van der Waals surface area (Å²) in [6, 6.07) is 9.74. The fourth-order valence-corrected chi connectivity index (χ4v) is 3.17. The van der Waals surface area contributed by atoms with E-state index in [-0.39, 0.29) is 5.91 Å². The minimum absolute atomic E-state index is 0.0470. The number of carbonyl (C=O) groups excluding carboxylic acids is 1. The van der Waals surface area contributed by atoms with E-state index in [0.29, 0.717) is 11.5 Å². The van der Waals surface area contributed by atoms with Crippen LogP contribution >= 0.6 is 0 Å². The molecule has 0 radical (unpaired) electrons. The van der Waals surface area contributed by atoms with Crippen LogP contribution in [-0.4, -0.2) is 48.6 Å². The van der Waals surface area contributed by atoms with Gasteiger partial charge in [-0.3, -0.25) is 14.5 Å². The van der Waals surface area contributed by atoms with Crippen molar-refractivity contribution in [3.63, 3.8) is 0 Å². The van der Waals surface area contributed by atoms with Gasteiger partial charge in [-0.15, -0.1) is 0 Å². The molecule has 4 aromatic rings. The van der Waals surface area contributed by atoms with Crippen LogP contribution < -0.4 is 0 Å². The third-order valence-corrected chi connectivity index (χ3v) is 4.66. The Morgan fingerprint density at radius 2 is 2.04 bits per heavy atom. The van der Waals surface area contributed by atoms with E-state index >= 15 is 0 Å². The highest BCUT2D eigenvalue weighted by Gasteiger charge is 2.28. The average molecular weight is 332 g/mol. The van der Waals surface area contributed by atoms with Gasteiger partial charge in [0.15, 0.2) is 5.65 Å². The standard InChI is InChI=1S/C18H16N6O/c1-11-3-5-15-16(20-11)24(17(21-15)18(25)23-7-2-8-23)13-4-6-14-12(9-13)10-19-22-14/h3-6,9-10H,2,7-8H2,1H3,(H,19,22). The van der Waals surface area contributed by atoms with Gasteiger partial charge in [0.1, 0.15) is 5.52 Å². The number of nitrogens with zero attached hydrogens (tertiary/aromatic N) is 5. The Morgan fingerprint density at radius 3 is 2.84 bits per heavy atom. The number of aromatic nitrogens is 5. The molecule has 1 saturated heterocycles.